The molecule has 0 radical (unpaired) electrons. The lowest BCUT2D eigenvalue weighted by Crippen LogP contribution is -2.53. The number of carbonyl (C=O) groups is 2. The number of amides is 2. The molecule has 8 nitrogen and oxygen atoms in total. The first-order chi connectivity index (χ1) is 11.2. The van der Waals surface area contributed by atoms with Crippen LogP contribution in [0.5, 0.6) is 0 Å². The number of ether oxygens (including phenoxy) is 1. The molecule has 0 aromatic carbocycles. The summed E-state index contributed by atoms with van der Waals surface area (Å²) in [6, 6.07) is 1.76. The van der Waals surface area contributed by atoms with Crippen molar-refractivity contribution in [2.45, 2.75) is 13.3 Å². The van der Waals surface area contributed by atoms with Gasteiger partial charge in [-0.2, -0.15) is 0 Å². The lowest BCUT2D eigenvalue weighted by molar-refractivity contribution is -0.146. The Morgan fingerprint density at radius 2 is 1.91 bits per heavy atom. The van der Waals surface area contributed by atoms with Gasteiger partial charge in [0.05, 0.1) is 0 Å². The zero-order chi connectivity index (χ0) is 16.5. The Hall–Kier alpha value is -2.22. The summed E-state index contributed by atoms with van der Waals surface area (Å²) in [6.07, 6.45) is 4.08. The molecule has 1 saturated heterocycles. The minimum absolute atomic E-state index is 0.447. The highest BCUT2D eigenvalue weighted by Gasteiger charge is 2.26. The topological polar surface area (TPSA) is 87.7 Å². The summed E-state index contributed by atoms with van der Waals surface area (Å²) >= 11 is 0. The van der Waals surface area contributed by atoms with E-state index in [9.17, 15) is 9.59 Å². The number of hydrogen-bond acceptors (Lipinski definition) is 6. The molecule has 1 aliphatic rings. The summed E-state index contributed by atoms with van der Waals surface area (Å²) in [5.41, 5.74) is 0. The van der Waals surface area contributed by atoms with Crippen molar-refractivity contribution >= 4 is 17.8 Å². The molecule has 8 heteroatoms. The number of nitrogens with one attached hydrogen (secondary N) is 1. The Kier molecular flexibility index (Phi) is 6.74. The third-order valence-corrected chi connectivity index (χ3v) is 3.55. The van der Waals surface area contributed by atoms with Gasteiger partial charge in [-0.15, -0.1) is 0 Å². The van der Waals surface area contributed by atoms with Gasteiger partial charge in [-0.05, 0) is 19.4 Å². The molecule has 0 bridgehead atoms. The average molecular weight is 321 g/mol. The summed E-state index contributed by atoms with van der Waals surface area (Å²) in [6.45, 7) is 5.82. The molecule has 126 valence electrons. The number of rotatable bonds is 6. The van der Waals surface area contributed by atoms with Crippen molar-refractivity contribution in [3.8, 4) is 0 Å². The normalized spacial score (nSPS) is 14.7. The summed E-state index contributed by atoms with van der Waals surface area (Å²) in [5.74, 6) is -0.374. The highest BCUT2D eigenvalue weighted by Crippen LogP contribution is 2.09. The van der Waals surface area contributed by atoms with E-state index in [0.717, 1.165) is 0 Å². The molecule has 1 aliphatic heterocycles. The zero-order valence-corrected chi connectivity index (χ0v) is 13.4. The first-order valence-corrected chi connectivity index (χ1v) is 7.89. The molecule has 0 aliphatic carbocycles. The molecule has 0 saturated carbocycles. The van der Waals surface area contributed by atoms with E-state index in [1.54, 1.807) is 23.4 Å². The van der Waals surface area contributed by atoms with Crippen LogP contribution in [0, 0.1) is 0 Å². The Balaban J connectivity index is 1.71. The smallest absolute Gasteiger partial charge is 0.312 e. The Labute approximate surface area is 135 Å². The van der Waals surface area contributed by atoms with Crippen molar-refractivity contribution in [2.24, 2.45) is 0 Å². The molecular formula is C15H23N5O3. The van der Waals surface area contributed by atoms with Crippen LogP contribution in [0.4, 0.5) is 5.95 Å². The van der Waals surface area contributed by atoms with E-state index < -0.39 is 11.8 Å². The summed E-state index contributed by atoms with van der Waals surface area (Å²) < 4.78 is 5.18. The lowest BCUT2D eigenvalue weighted by atomic mass is 10.3. The van der Waals surface area contributed by atoms with Gasteiger partial charge in [-0.3, -0.25) is 9.59 Å². The predicted octanol–water partition coefficient (Wildman–Crippen LogP) is -0.332. The number of anilines is 1. The predicted molar refractivity (Wildman–Crippen MR) is 84.9 cm³/mol. The number of hydrogen-bond donors (Lipinski definition) is 1. The number of aromatic nitrogens is 2. The van der Waals surface area contributed by atoms with E-state index in [1.807, 2.05) is 11.8 Å². The third kappa shape index (κ3) is 5.17. The fraction of sp³-hybridized carbons (Fsp3) is 0.600. The van der Waals surface area contributed by atoms with Crippen molar-refractivity contribution in [2.75, 3.05) is 50.8 Å². The zero-order valence-electron chi connectivity index (χ0n) is 13.4. The van der Waals surface area contributed by atoms with Crippen molar-refractivity contribution in [3.63, 3.8) is 0 Å². The van der Waals surface area contributed by atoms with Gasteiger partial charge in [0.25, 0.3) is 0 Å². The van der Waals surface area contributed by atoms with Gasteiger partial charge >= 0.3 is 11.8 Å². The van der Waals surface area contributed by atoms with Crippen molar-refractivity contribution in [1.82, 2.24) is 20.2 Å². The maximum Gasteiger partial charge on any atom is 0.312 e. The molecule has 2 amide bonds. The van der Waals surface area contributed by atoms with Crippen LogP contribution in [-0.4, -0.2) is 72.6 Å². The van der Waals surface area contributed by atoms with Crippen LogP contribution in [0.15, 0.2) is 18.5 Å². The third-order valence-electron chi connectivity index (χ3n) is 3.55. The van der Waals surface area contributed by atoms with E-state index in [1.165, 1.54) is 0 Å². The fourth-order valence-corrected chi connectivity index (χ4v) is 2.30. The van der Waals surface area contributed by atoms with E-state index in [-0.39, 0.29) is 0 Å². The highest BCUT2D eigenvalue weighted by atomic mass is 16.5. The first kappa shape index (κ1) is 17.1. The van der Waals surface area contributed by atoms with Gasteiger partial charge in [0.2, 0.25) is 5.95 Å². The largest absolute Gasteiger partial charge is 0.382 e. The van der Waals surface area contributed by atoms with Gasteiger partial charge in [0.15, 0.2) is 0 Å². The second kappa shape index (κ2) is 9.04. The van der Waals surface area contributed by atoms with Crippen LogP contribution in [-0.2, 0) is 14.3 Å². The van der Waals surface area contributed by atoms with Gasteiger partial charge in [-0.1, -0.05) is 0 Å². The van der Waals surface area contributed by atoms with Gasteiger partial charge in [-0.25, -0.2) is 9.97 Å². The molecule has 0 atom stereocenters. The van der Waals surface area contributed by atoms with Gasteiger partial charge in [0, 0.05) is 58.3 Å². The summed E-state index contributed by atoms with van der Waals surface area (Å²) in [7, 11) is 0. The van der Waals surface area contributed by atoms with Crippen molar-refractivity contribution < 1.29 is 14.3 Å². The van der Waals surface area contributed by atoms with E-state index >= 15 is 0 Å². The second-order valence-electron chi connectivity index (χ2n) is 5.13. The van der Waals surface area contributed by atoms with Crippen LogP contribution >= 0.6 is 0 Å². The second-order valence-corrected chi connectivity index (χ2v) is 5.13. The van der Waals surface area contributed by atoms with E-state index in [2.05, 4.69) is 15.3 Å². The van der Waals surface area contributed by atoms with Crippen LogP contribution in [0.1, 0.15) is 13.3 Å². The van der Waals surface area contributed by atoms with Crippen molar-refractivity contribution in [3.05, 3.63) is 18.5 Å². The van der Waals surface area contributed by atoms with Crippen LogP contribution in [0.3, 0.4) is 0 Å². The quantitative estimate of drug-likeness (QED) is 0.570. The minimum Gasteiger partial charge on any atom is -0.382 e. The number of piperazine rings is 1. The molecule has 0 spiro atoms. The van der Waals surface area contributed by atoms with E-state index in [4.69, 9.17) is 4.74 Å². The first-order valence-electron chi connectivity index (χ1n) is 7.89. The molecular weight excluding hydrogens is 298 g/mol. The lowest BCUT2D eigenvalue weighted by Gasteiger charge is -2.34. The molecule has 23 heavy (non-hydrogen) atoms. The number of carbonyl (C=O) groups excluding carboxylic acids is 2. The molecule has 2 heterocycles. The fourth-order valence-electron chi connectivity index (χ4n) is 2.30. The monoisotopic (exact) mass is 321 g/mol. The Morgan fingerprint density at radius 1 is 1.22 bits per heavy atom. The Bertz CT molecular complexity index is 503. The van der Waals surface area contributed by atoms with Gasteiger partial charge in [0.1, 0.15) is 0 Å². The average Bonchev–Trinajstić information content (AvgIpc) is 2.61. The van der Waals surface area contributed by atoms with Crippen molar-refractivity contribution in [1.29, 1.82) is 0 Å². The van der Waals surface area contributed by atoms with Crippen LogP contribution in [0.2, 0.25) is 0 Å². The highest BCUT2D eigenvalue weighted by molar-refractivity contribution is 6.35. The Morgan fingerprint density at radius 3 is 2.57 bits per heavy atom. The minimum atomic E-state index is -0.550. The van der Waals surface area contributed by atoms with Gasteiger partial charge < -0.3 is 19.9 Å². The van der Waals surface area contributed by atoms with Crippen LogP contribution in [0.25, 0.3) is 0 Å². The molecule has 2 rings (SSSR count). The molecule has 1 aromatic heterocycles. The van der Waals surface area contributed by atoms with Crippen LogP contribution < -0.4 is 10.2 Å². The molecule has 1 N–H and O–H groups in total. The maximum absolute atomic E-state index is 12.1. The SMILES string of the molecule is CCOCCCNC(=O)C(=O)N1CCN(c2ncccn2)CC1. The molecule has 0 unspecified atom stereocenters. The molecule has 1 aromatic rings. The maximum atomic E-state index is 12.1. The standard InChI is InChI=1S/C15H23N5O3/c1-2-23-12-4-7-16-13(21)14(22)19-8-10-20(11-9-19)15-17-5-3-6-18-15/h3,5-6H,2,4,7-12H2,1H3,(H,16,21). The summed E-state index contributed by atoms with van der Waals surface area (Å²) in [5, 5.41) is 2.63. The summed E-state index contributed by atoms with van der Waals surface area (Å²) in [4.78, 5) is 35.9. The number of nitrogens with zero attached hydrogens (tertiary/aromatic N) is 4. The molecule has 1 fully saturated rings. The van der Waals surface area contributed by atoms with E-state index in [0.29, 0.717) is 58.3 Å².